The summed E-state index contributed by atoms with van der Waals surface area (Å²) >= 11 is 0. The summed E-state index contributed by atoms with van der Waals surface area (Å²) < 4.78 is 0. The molecular formula is C28H20NP. The Labute approximate surface area is 178 Å². The maximum absolute atomic E-state index is 3.79. The fraction of sp³-hybridized carbons (Fsp3) is 0. The Kier molecular flexibility index (Phi) is 4.15. The van der Waals surface area contributed by atoms with E-state index in [2.05, 4.69) is 115 Å². The number of benzene rings is 5. The minimum atomic E-state index is 0.598. The van der Waals surface area contributed by atoms with E-state index in [1.165, 1.54) is 43.6 Å². The van der Waals surface area contributed by atoms with Crippen LogP contribution in [0.3, 0.4) is 0 Å². The molecule has 0 fully saturated rings. The fourth-order valence-corrected chi connectivity index (χ4v) is 5.69. The van der Waals surface area contributed by atoms with E-state index in [0.29, 0.717) is 8.58 Å². The lowest BCUT2D eigenvalue weighted by atomic mass is 9.97. The first-order valence-corrected chi connectivity index (χ1v) is 11.2. The van der Waals surface area contributed by atoms with E-state index in [1.807, 2.05) is 0 Å². The number of rotatable bonds is 0. The average Bonchev–Trinajstić information content (AvgIpc) is 2.80. The molecule has 0 aliphatic carbocycles. The molecule has 0 saturated carbocycles. The number of para-hydroxylation sites is 1. The molecule has 1 nitrogen and oxygen atoms in total. The Bertz CT molecular complexity index is 1400. The van der Waals surface area contributed by atoms with Gasteiger partial charge in [0.25, 0.3) is 0 Å². The van der Waals surface area contributed by atoms with Gasteiger partial charge in [-0.15, -0.1) is 0 Å². The van der Waals surface area contributed by atoms with Crippen LogP contribution in [0.5, 0.6) is 0 Å². The lowest BCUT2D eigenvalue weighted by molar-refractivity contribution is 1.54. The summed E-state index contributed by atoms with van der Waals surface area (Å²) in [6, 6.07) is 39.5. The molecule has 0 amide bonds. The molecule has 142 valence electrons. The van der Waals surface area contributed by atoms with E-state index in [9.17, 15) is 0 Å². The first-order valence-electron chi connectivity index (χ1n) is 10.2. The summed E-state index contributed by atoms with van der Waals surface area (Å²) in [5.74, 6) is 0. The largest absolute Gasteiger partial charge is 0.354 e. The molecule has 1 N–H and O–H groups in total. The second-order valence-corrected chi connectivity index (χ2v) is 8.96. The molecule has 0 aromatic heterocycles. The topological polar surface area (TPSA) is 12.0 Å². The minimum absolute atomic E-state index is 0.598. The van der Waals surface area contributed by atoms with Crippen molar-refractivity contribution in [1.29, 1.82) is 0 Å². The lowest BCUT2D eigenvalue weighted by Gasteiger charge is -2.22. The number of hydrogen-bond acceptors (Lipinski definition) is 1. The van der Waals surface area contributed by atoms with Crippen molar-refractivity contribution < 1.29 is 0 Å². The molecule has 2 heteroatoms. The van der Waals surface area contributed by atoms with Crippen molar-refractivity contribution in [3.8, 4) is 22.3 Å². The van der Waals surface area contributed by atoms with Crippen molar-refractivity contribution in [2.45, 2.75) is 0 Å². The van der Waals surface area contributed by atoms with Crippen LogP contribution in [0, 0.1) is 0 Å². The maximum Gasteiger partial charge on any atom is 0.0470 e. The normalized spacial score (nSPS) is 12.9. The second-order valence-electron chi connectivity index (χ2n) is 7.63. The molecule has 0 saturated heterocycles. The van der Waals surface area contributed by atoms with Crippen LogP contribution in [0.1, 0.15) is 0 Å². The maximum atomic E-state index is 3.79. The van der Waals surface area contributed by atoms with Gasteiger partial charge in [-0.05, 0) is 50.7 Å². The Hall–Kier alpha value is -3.41. The van der Waals surface area contributed by atoms with Gasteiger partial charge in [-0.2, -0.15) is 0 Å². The van der Waals surface area contributed by atoms with Crippen LogP contribution in [-0.2, 0) is 0 Å². The summed E-state index contributed by atoms with van der Waals surface area (Å²) in [5, 5.41) is 9.06. The van der Waals surface area contributed by atoms with Crippen molar-refractivity contribution in [3.05, 3.63) is 109 Å². The van der Waals surface area contributed by atoms with E-state index in [-0.39, 0.29) is 0 Å². The SMILES string of the molecule is c1ccc2c(c1)Nc1cc3ccccc3cc1-c1ccccc1Pc1ccccc1-2. The molecule has 1 heterocycles. The van der Waals surface area contributed by atoms with Gasteiger partial charge in [0, 0.05) is 22.5 Å². The Morgan fingerprint density at radius 1 is 0.433 bits per heavy atom. The standard InChI is InChI=1S/C28H20NP/c1-2-10-20-18-26-24(17-19(20)9-1)23-13-5-8-16-28(23)30-27-15-7-4-12-22(27)21-11-3-6-14-25(21)29-26/h1-18,29-30H. The highest BCUT2D eigenvalue weighted by Crippen LogP contribution is 2.40. The third-order valence-electron chi connectivity index (χ3n) is 5.79. The average molecular weight is 401 g/mol. The van der Waals surface area contributed by atoms with Gasteiger partial charge in [0.15, 0.2) is 0 Å². The minimum Gasteiger partial charge on any atom is -0.354 e. The lowest BCUT2D eigenvalue weighted by Crippen LogP contribution is -2.11. The number of fused-ring (bicyclic) bond motifs is 7. The highest BCUT2D eigenvalue weighted by molar-refractivity contribution is 7.56. The van der Waals surface area contributed by atoms with Gasteiger partial charge in [-0.3, -0.25) is 0 Å². The number of hydrogen-bond donors (Lipinski definition) is 1. The molecule has 5 aromatic carbocycles. The summed E-state index contributed by atoms with van der Waals surface area (Å²) in [6.45, 7) is 0. The van der Waals surface area contributed by atoms with Crippen molar-refractivity contribution in [3.63, 3.8) is 0 Å². The molecule has 6 rings (SSSR count). The van der Waals surface area contributed by atoms with Crippen LogP contribution >= 0.6 is 8.58 Å². The van der Waals surface area contributed by atoms with E-state index < -0.39 is 0 Å². The van der Waals surface area contributed by atoms with Crippen molar-refractivity contribution in [2.24, 2.45) is 0 Å². The Balaban J connectivity index is 1.70. The molecule has 1 aliphatic heterocycles. The van der Waals surface area contributed by atoms with Gasteiger partial charge in [-0.1, -0.05) is 99.6 Å². The highest BCUT2D eigenvalue weighted by atomic mass is 31.1. The molecule has 1 atom stereocenters. The second kappa shape index (κ2) is 7.13. The number of anilines is 2. The third-order valence-corrected chi connectivity index (χ3v) is 7.20. The summed E-state index contributed by atoms with van der Waals surface area (Å²) in [5.41, 5.74) is 7.41. The predicted molar refractivity (Wildman–Crippen MR) is 132 cm³/mol. The van der Waals surface area contributed by atoms with Crippen LogP contribution in [0.4, 0.5) is 11.4 Å². The van der Waals surface area contributed by atoms with Crippen molar-refractivity contribution >= 4 is 41.3 Å². The highest BCUT2D eigenvalue weighted by Gasteiger charge is 2.17. The van der Waals surface area contributed by atoms with E-state index in [0.717, 1.165) is 11.4 Å². The zero-order valence-electron chi connectivity index (χ0n) is 16.4. The van der Waals surface area contributed by atoms with E-state index >= 15 is 0 Å². The monoisotopic (exact) mass is 401 g/mol. The molecule has 0 bridgehead atoms. The third kappa shape index (κ3) is 2.91. The summed E-state index contributed by atoms with van der Waals surface area (Å²) in [4.78, 5) is 0. The molecule has 1 unspecified atom stereocenters. The predicted octanol–water partition coefficient (Wildman–Crippen LogP) is 6.86. The summed E-state index contributed by atoms with van der Waals surface area (Å²) in [6.07, 6.45) is 0. The van der Waals surface area contributed by atoms with Gasteiger partial charge in [0.05, 0.1) is 0 Å². The number of nitrogens with one attached hydrogen (secondary N) is 1. The first-order chi connectivity index (χ1) is 14.9. The zero-order valence-corrected chi connectivity index (χ0v) is 17.4. The quantitative estimate of drug-likeness (QED) is 0.274. The van der Waals surface area contributed by atoms with E-state index in [1.54, 1.807) is 0 Å². The van der Waals surface area contributed by atoms with Gasteiger partial charge in [-0.25, -0.2) is 0 Å². The van der Waals surface area contributed by atoms with Crippen molar-refractivity contribution in [2.75, 3.05) is 5.32 Å². The van der Waals surface area contributed by atoms with Crippen LogP contribution in [0.2, 0.25) is 0 Å². The molecule has 5 aromatic rings. The van der Waals surface area contributed by atoms with E-state index in [4.69, 9.17) is 0 Å². The fourth-order valence-electron chi connectivity index (χ4n) is 4.34. The van der Waals surface area contributed by atoms with Gasteiger partial charge >= 0.3 is 0 Å². The van der Waals surface area contributed by atoms with Gasteiger partial charge in [0.1, 0.15) is 0 Å². The van der Waals surface area contributed by atoms with Crippen LogP contribution in [0.25, 0.3) is 33.0 Å². The molecule has 1 aliphatic rings. The molecule has 0 radical (unpaired) electrons. The van der Waals surface area contributed by atoms with Gasteiger partial charge < -0.3 is 5.32 Å². The Morgan fingerprint density at radius 3 is 1.70 bits per heavy atom. The van der Waals surface area contributed by atoms with Crippen LogP contribution in [-0.4, -0.2) is 0 Å². The van der Waals surface area contributed by atoms with Crippen molar-refractivity contribution in [1.82, 2.24) is 0 Å². The van der Waals surface area contributed by atoms with Gasteiger partial charge in [0.2, 0.25) is 0 Å². The Morgan fingerprint density at radius 2 is 0.967 bits per heavy atom. The molecular weight excluding hydrogens is 381 g/mol. The molecule has 0 spiro atoms. The van der Waals surface area contributed by atoms with Crippen LogP contribution in [0.15, 0.2) is 109 Å². The van der Waals surface area contributed by atoms with Crippen LogP contribution < -0.4 is 15.9 Å². The smallest absolute Gasteiger partial charge is 0.0470 e. The first kappa shape index (κ1) is 17.4. The molecule has 30 heavy (non-hydrogen) atoms. The zero-order chi connectivity index (χ0) is 19.9. The summed E-state index contributed by atoms with van der Waals surface area (Å²) in [7, 11) is 0.598.